The van der Waals surface area contributed by atoms with Gasteiger partial charge in [0.05, 0.1) is 11.2 Å². The van der Waals surface area contributed by atoms with Crippen LogP contribution in [0, 0.1) is 6.92 Å². The first kappa shape index (κ1) is 16.1. The summed E-state index contributed by atoms with van der Waals surface area (Å²) in [5.74, 6) is 0. The van der Waals surface area contributed by atoms with Gasteiger partial charge in [-0.15, -0.1) is 11.3 Å². The van der Waals surface area contributed by atoms with E-state index in [1.807, 2.05) is 5.51 Å². The van der Waals surface area contributed by atoms with Crippen molar-refractivity contribution >= 4 is 11.3 Å². The Balaban J connectivity index is 2.00. The van der Waals surface area contributed by atoms with Crippen LogP contribution in [-0.4, -0.2) is 29.0 Å². The molecule has 1 aromatic carbocycles. The number of nitrogens with two attached hydrogens (primary N) is 1. The lowest BCUT2D eigenvalue weighted by atomic mass is 9.91. The van der Waals surface area contributed by atoms with Gasteiger partial charge in [0.1, 0.15) is 0 Å². The third-order valence-electron chi connectivity index (χ3n) is 4.38. The van der Waals surface area contributed by atoms with Crippen LogP contribution in [-0.2, 0) is 13.0 Å². The van der Waals surface area contributed by atoms with E-state index in [2.05, 4.69) is 61.1 Å². The van der Waals surface area contributed by atoms with Crippen LogP contribution >= 0.6 is 11.3 Å². The molecule has 4 heteroatoms. The number of rotatable bonds is 7. The van der Waals surface area contributed by atoms with Gasteiger partial charge in [-0.1, -0.05) is 30.3 Å². The Morgan fingerprint density at radius 2 is 2.00 bits per heavy atom. The average Bonchev–Trinajstić information content (AvgIpc) is 2.91. The summed E-state index contributed by atoms with van der Waals surface area (Å²) in [5.41, 5.74) is 10.5. The Morgan fingerprint density at radius 3 is 2.57 bits per heavy atom. The molecule has 0 saturated heterocycles. The van der Waals surface area contributed by atoms with E-state index >= 15 is 0 Å². The molecule has 114 valence electrons. The second kappa shape index (κ2) is 7.16. The van der Waals surface area contributed by atoms with Crippen LogP contribution in [0.3, 0.4) is 0 Å². The molecule has 2 rings (SSSR count). The van der Waals surface area contributed by atoms with Gasteiger partial charge in [-0.25, -0.2) is 4.98 Å². The van der Waals surface area contributed by atoms with Crippen LogP contribution in [0.2, 0.25) is 0 Å². The summed E-state index contributed by atoms with van der Waals surface area (Å²) in [5, 5.41) is 0. The molecule has 1 atom stereocenters. The largest absolute Gasteiger partial charge is 0.329 e. The fourth-order valence-electron chi connectivity index (χ4n) is 2.39. The zero-order chi connectivity index (χ0) is 15.3. The van der Waals surface area contributed by atoms with E-state index in [4.69, 9.17) is 5.73 Å². The lowest BCUT2D eigenvalue weighted by Gasteiger charge is -2.38. The van der Waals surface area contributed by atoms with Gasteiger partial charge < -0.3 is 5.73 Å². The van der Waals surface area contributed by atoms with E-state index in [-0.39, 0.29) is 5.54 Å². The number of aromatic nitrogens is 1. The van der Waals surface area contributed by atoms with E-state index in [0.29, 0.717) is 6.54 Å². The maximum atomic E-state index is 6.09. The highest BCUT2D eigenvalue weighted by Crippen LogP contribution is 2.24. The van der Waals surface area contributed by atoms with Gasteiger partial charge in [0, 0.05) is 23.5 Å². The number of benzene rings is 1. The predicted molar refractivity (Wildman–Crippen MR) is 90.5 cm³/mol. The Morgan fingerprint density at radius 1 is 1.29 bits per heavy atom. The molecule has 0 bridgehead atoms. The average molecular weight is 303 g/mol. The maximum Gasteiger partial charge on any atom is 0.0798 e. The molecular weight excluding hydrogens is 278 g/mol. The molecule has 0 aliphatic carbocycles. The molecule has 0 aliphatic rings. The molecular formula is C17H25N3S. The first-order valence-corrected chi connectivity index (χ1v) is 8.27. The Labute approximate surface area is 131 Å². The number of hydrogen-bond acceptors (Lipinski definition) is 4. The molecule has 0 spiro atoms. The summed E-state index contributed by atoms with van der Waals surface area (Å²) in [7, 11) is 2.16. The molecule has 0 fully saturated rings. The normalized spacial score (nSPS) is 14.3. The molecule has 0 saturated carbocycles. The molecule has 1 heterocycles. The van der Waals surface area contributed by atoms with E-state index < -0.39 is 0 Å². The fourth-order valence-corrected chi connectivity index (χ4v) is 3.22. The third-order valence-corrected chi connectivity index (χ3v) is 5.30. The molecule has 0 radical (unpaired) electrons. The van der Waals surface area contributed by atoms with Crippen molar-refractivity contribution in [2.24, 2.45) is 5.73 Å². The highest BCUT2D eigenvalue weighted by molar-refractivity contribution is 7.09. The number of likely N-dealkylation sites (N-methyl/N-ethyl adjacent to an activating group) is 1. The van der Waals surface area contributed by atoms with Crippen molar-refractivity contribution in [2.75, 3.05) is 13.6 Å². The lowest BCUT2D eigenvalue weighted by molar-refractivity contribution is 0.127. The summed E-state index contributed by atoms with van der Waals surface area (Å²) >= 11 is 1.73. The van der Waals surface area contributed by atoms with E-state index in [1.165, 1.54) is 10.4 Å². The van der Waals surface area contributed by atoms with Crippen molar-refractivity contribution in [1.29, 1.82) is 0 Å². The molecule has 2 aromatic rings. The van der Waals surface area contributed by atoms with Crippen LogP contribution in [0.25, 0.3) is 0 Å². The van der Waals surface area contributed by atoms with Crippen molar-refractivity contribution in [3.8, 4) is 0 Å². The molecule has 21 heavy (non-hydrogen) atoms. The van der Waals surface area contributed by atoms with Crippen molar-refractivity contribution in [3.63, 3.8) is 0 Å². The Hall–Kier alpha value is -1.23. The van der Waals surface area contributed by atoms with Crippen LogP contribution in [0.5, 0.6) is 0 Å². The van der Waals surface area contributed by atoms with Crippen molar-refractivity contribution in [2.45, 2.75) is 38.8 Å². The van der Waals surface area contributed by atoms with Gasteiger partial charge in [0.2, 0.25) is 0 Å². The van der Waals surface area contributed by atoms with Crippen LogP contribution in [0.1, 0.15) is 29.5 Å². The number of hydrogen-bond donors (Lipinski definition) is 1. The minimum atomic E-state index is 0.00622. The third kappa shape index (κ3) is 4.13. The Kier molecular flexibility index (Phi) is 5.51. The number of nitrogens with zero attached hydrogens (tertiary/aromatic N) is 2. The molecule has 0 amide bonds. The van der Waals surface area contributed by atoms with E-state index in [0.717, 1.165) is 25.1 Å². The quantitative estimate of drug-likeness (QED) is 0.854. The van der Waals surface area contributed by atoms with Gasteiger partial charge in [-0.05, 0) is 39.3 Å². The predicted octanol–water partition coefficient (Wildman–Crippen LogP) is 3.23. The summed E-state index contributed by atoms with van der Waals surface area (Å²) in [4.78, 5) is 8.03. The second-order valence-electron chi connectivity index (χ2n) is 5.90. The van der Waals surface area contributed by atoms with E-state index in [9.17, 15) is 0 Å². The van der Waals surface area contributed by atoms with Gasteiger partial charge in [0.15, 0.2) is 0 Å². The van der Waals surface area contributed by atoms with Gasteiger partial charge in [-0.2, -0.15) is 0 Å². The molecule has 1 aromatic heterocycles. The highest BCUT2D eigenvalue weighted by atomic mass is 32.1. The first-order valence-electron chi connectivity index (χ1n) is 7.39. The van der Waals surface area contributed by atoms with Gasteiger partial charge in [-0.3, -0.25) is 4.90 Å². The second-order valence-corrected chi connectivity index (χ2v) is 6.84. The molecule has 1 unspecified atom stereocenters. The van der Waals surface area contributed by atoms with Crippen molar-refractivity contribution in [3.05, 3.63) is 52.0 Å². The zero-order valence-corrected chi connectivity index (χ0v) is 14.0. The minimum absolute atomic E-state index is 0.00622. The SMILES string of the molecule is Cc1ncsc1CN(C)C(C)(CN)CCc1ccccc1. The van der Waals surface area contributed by atoms with E-state index in [1.54, 1.807) is 11.3 Å². The molecule has 3 nitrogen and oxygen atoms in total. The lowest BCUT2D eigenvalue weighted by Crippen LogP contribution is -2.49. The first-order chi connectivity index (χ1) is 10.0. The van der Waals surface area contributed by atoms with Crippen molar-refractivity contribution in [1.82, 2.24) is 9.88 Å². The summed E-state index contributed by atoms with van der Waals surface area (Å²) in [6.07, 6.45) is 2.11. The van der Waals surface area contributed by atoms with Crippen LogP contribution < -0.4 is 5.73 Å². The minimum Gasteiger partial charge on any atom is -0.329 e. The van der Waals surface area contributed by atoms with Gasteiger partial charge in [0.25, 0.3) is 0 Å². The standard InChI is InChI=1S/C17H25N3S/c1-14-16(21-13-19-14)11-20(3)17(2,12-18)10-9-15-7-5-4-6-8-15/h4-8,13H,9-12,18H2,1-3H3. The maximum absolute atomic E-state index is 6.09. The zero-order valence-electron chi connectivity index (χ0n) is 13.2. The summed E-state index contributed by atoms with van der Waals surface area (Å²) < 4.78 is 0. The smallest absolute Gasteiger partial charge is 0.0798 e. The fraction of sp³-hybridized carbons (Fsp3) is 0.471. The van der Waals surface area contributed by atoms with Gasteiger partial charge >= 0.3 is 0 Å². The van der Waals surface area contributed by atoms with Crippen molar-refractivity contribution < 1.29 is 0 Å². The molecule has 0 aliphatic heterocycles. The molecule has 2 N–H and O–H groups in total. The van der Waals surface area contributed by atoms with Crippen LogP contribution in [0.4, 0.5) is 0 Å². The van der Waals surface area contributed by atoms with Crippen LogP contribution in [0.15, 0.2) is 35.8 Å². The summed E-state index contributed by atoms with van der Waals surface area (Å²) in [6.45, 7) is 5.91. The monoisotopic (exact) mass is 303 g/mol. The summed E-state index contributed by atoms with van der Waals surface area (Å²) in [6, 6.07) is 10.6. The number of aryl methyl sites for hydroxylation is 2. The topological polar surface area (TPSA) is 42.2 Å². The highest BCUT2D eigenvalue weighted by Gasteiger charge is 2.28. The Bertz CT molecular complexity index is 552. The number of thiazole rings is 1.